The minimum Gasteiger partial charge on any atom is -0.324 e. The Morgan fingerprint density at radius 2 is 1.75 bits per heavy atom. The molecule has 140 valence electrons. The number of carbonyl (C=O) groups excluding carboxylic acids is 2. The Labute approximate surface area is 162 Å². The minimum absolute atomic E-state index is 0.0938. The highest BCUT2D eigenvalue weighted by Gasteiger charge is 2.34. The van der Waals surface area contributed by atoms with Crippen LogP contribution in [0.4, 0.5) is 10.1 Å². The maximum atomic E-state index is 13.5. The zero-order valence-corrected chi connectivity index (χ0v) is 15.4. The van der Waals surface area contributed by atoms with Crippen LogP contribution in [-0.4, -0.2) is 23.3 Å². The highest BCUT2D eigenvalue weighted by atomic mass is 19.1. The van der Waals surface area contributed by atoms with Crippen molar-refractivity contribution in [2.75, 3.05) is 11.9 Å². The Morgan fingerprint density at radius 3 is 2.46 bits per heavy atom. The van der Waals surface area contributed by atoms with E-state index in [1.54, 1.807) is 41.3 Å². The van der Waals surface area contributed by atoms with Crippen molar-refractivity contribution in [1.29, 1.82) is 0 Å². The lowest BCUT2D eigenvalue weighted by Crippen LogP contribution is -2.39. The van der Waals surface area contributed by atoms with Gasteiger partial charge >= 0.3 is 0 Å². The van der Waals surface area contributed by atoms with Crippen molar-refractivity contribution in [3.8, 4) is 0 Å². The Balaban J connectivity index is 1.90. The molecule has 2 amide bonds. The molecule has 0 aromatic heterocycles. The molecule has 1 N–H and O–H groups in total. The van der Waals surface area contributed by atoms with Crippen LogP contribution in [0.3, 0.4) is 0 Å². The van der Waals surface area contributed by atoms with Crippen LogP contribution in [0, 0.1) is 12.7 Å². The number of rotatable bonds is 2. The number of hydrogen-bond acceptors (Lipinski definition) is 2. The van der Waals surface area contributed by atoms with Gasteiger partial charge in [-0.2, -0.15) is 0 Å². The maximum Gasteiger partial charge on any atom is 0.255 e. The number of nitrogens with zero attached hydrogens (tertiary/aromatic N) is 1. The molecule has 0 radical (unpaired) electrons. The summed E-state index contributed by atoms with van der Waals surface area (Å²) in [5, 5.41) is 2.89. The van der Waals surface area contributed by atoms with Gasteiger partial charge in [-0.25, -0.2) is 4.39 Å². The second-order valence-electron chi connectivity index (χ2n) is 6.89. The average molecular weight is 374 g/mol. The van der Waals surface area contributed by atoms with Crippen molar-refractivity contribution in [3.63, 3.8) is 0 Å². The van der Waals surface area contributed by atoms with Gasteiger partial charge in [-0.15, -0.1) is 0 Å². The van der Waals surface area contributed by atoms with E-state index in [-0.39, 0.29) is 24.2 Å². The average Bonchev–Trinajstić information content (AvgIpc) is 2.84. The lowest BCUT2D eigenvalue weighted by molar-refractivity contribution is -0.117. The van der Waals surface area contributed by atoms with Gasteiger partial charge in [0, 0.05) is 16.8 Å². The first-order valence-corrected chi connectivity index (χ1v) is 9.05. The van der Waals surface area contributed by atoms with Gasteiger partial charge in [-0.3, -0.25) is 9.59 Å². The van der Waals surface area contributed by atoms with Gasteiger partial charge in [0.25, 0.3) is 5.91 Å². The zero-order chi connectivity index (χ0) is 19.7. The van der Waals surface area contributed by atoms with Gasteiger partial charge in [0.2, 0.25) is 5.91 Å². The standard InChI is InChI=1S/C23H19FN2O2/c1-15-7-12-20-19(13-15)22(16-8-10-18(24)11-9-16)26(14-21(27)25-20)23(28)17-5-3-2-4-6-17/h2-13,22H,14H2,1H3,(H,25,27). The van der Waals surface area contributed by atoms with Crippen LogP contribution >= 0.6 is 0 Å². The first-order valence-electron chi connectivity index (χ1n) is 9.05. The largest absolute Gasteiger partial charge is 0.324 e. The number of hydrogen-bond donors (Lipinski definition) is 1. The number of carbonyl (C=O) groups is 2. The first kappa shape index (κ1) is 17.9. The van der Waals surface area contributed by atoms with E-state index in [2.05, 4.69) is 5.32 Å². The van der Waals surface area contributed by atoms with E-state index in [0.29, 0.717) is 11.3 Å². The normalized spacial score (nSPS) is 16.1. The summed E-state index contributed by atoms with van der Waals surface area (Å²) in [5.74, 6) is -0.865. The first-order chi connectivity index (χ1) is 13.5. The summed E-state index contributed by atoms with van der Waals surface area (Å²) in [7, 11) is 0. The van der Waals surface area contributed by atoms with Crippen LogP contribution in [0.15, 0.2) is 72.8 Å². The van der Waals surface area contributed by atoms with E-state index < -0.39 is 6.04 Å². The Morgan fingerprint density at radius 1 is 1.04 bits per heavy atom. The molecule has 28 heavy (non-hydrogen) atoms. The molecule has 1 unspecified atom stereocenters. The van der Waals surface area contributed by atoms with Crippen molar-refractivity contribution < 1.29 is 14.0 Å². The van der Waals surface area contributed by atoms with Crippen molar-refractivity contribution in [1.82, 2.24) is 4.90 Å². The van der Waals surface area contributed by atoms with Crippen LogP contribution in [0.1, 0.15) is 33.1 Å². The van der Waals surface area contributed by atoms with Crippen molar-refractivity contribution in [2.45, 2.75) is 13.0 Å². The highest BCUT2D eigenvalue weighted by Crippen LogP contribution is 2.37. The summed E-state index contributed by atoms with van der Waals surface area (Å²) in [4.78, 5) is 27.4. The molecule has 3 aromatic carbocycles. The smallest absolute Gasteiger partial charge is 0.255 e. The molecule has 3 aromatic rings. The SMILES string of the molecule is Cc1ccc2c(c1)C(c1ccc(F)cc1)N(C(=O)c1ccccc1)CC(=O)N2. The number of amides is 2. The molecular formula is C23H19FN2O2. The molecule has 1 aliphatic heterocycles. The fourth-order valence-corrected chi connectivity index (χ4v) is 3.57. The van der Waals surface area contributed by atoms with E-state index in [9.17, 15) is 14.0 Å². The third kappa shape index (κ3) is 3.39. The van der Waals surface area contributed by atoms with Crippen LogP contribution < -0.4 is 5.32 Å². The van der Waals surface area contributed by atoms with Crippen LogP contribution in [0.25, 0.3) is 0 Å². The van der Waals surface area contributed by atoms with E-state index in [1.807, 2.05) is 31.2 Å². The molecule has 0 fully saturated rings. The van der Waals surface area contributed by atoms with Crippen molar-refractivity contribution >= 4 is 17.5 Å². The van der Waals surface area contributed by atoms with E-state index in [1.165, 1.54) is 12.1 Å². The second kappa shape index (κ2) is 7.27. The topological polar surface area (TPSA) is 49.4 Å². The Kier molecular flexibility index (Phi) is 4.65. The van der Waals surface area contributed by atoms with Gasteiger partial charge in [0.1, 0.15) is 12.4 Å². The zero-order valence-electron chi connectivity index (χ0n) is 15.4. The number of benzene rings is 3. The molecule has 4 nitrogen and oxygen atoms in total. The van der Waals surface area contributed by atoms with Gasteiger partial charge in [-0.05, 0) is 42.8 Å². The summed E-state index contributed by atoms with van der Waals surface area (Å²) in [5.41, 5.74) is 3.72. The molecule has 5 heteroatoms. The van der Waals surface area contributed by atoms with E-state index in [4.69, 9.17) is 0 Å². The van der Waals surface area contributed by atoms with Gasteiger partial charge in [0.15, 0.2) is 0 Å². The molecular weight excluding hydrogens is 355 g/mol. The van der Waals surface area contributed by atoms with Crippen molar-refractivity contribution in [3.05, 3.63) is 101 Å². The summed E-state index contributed by atoms with van der Waals surface area (Å²) >= 11 is 0. The molecule has 0 saturated heterocycles. The summed E-state index contributed by atoms with van der Waals surface area (Å²) in [6.07, 6.45) is 0. The summed E-state index contributed by atoms with van der Waals surface area (Å²) < 4.78 is 13.5. The number of aryl methyl sites for hydroxylation is 1. The number of halogens is 1. The molecule has 4 rings (SSSR count). The highest BCUT2D eigenvalue weighted by molar-refractivity contribution is 6.01. The molecule has 0 aliphatic carbocycles. The second-order valence-corrected chi connectivity index (χ2v) is 6.89. The molecule has 1 aliphatic rings. The van der Waals surface area contributed by atoms with Gasteiger partial charge in [-0.1, -0.05) is 48.0 Å². The molecule has 0 bridgehead atoms. The molecule has 0 spiro atoms. The number of anilines is 1. The van der Waals surface area contributed by atoms with Crippen LogP contribution in [-0.2, 0) is 4.79 Å². The van der Waals surface area contributed by atoms with E-state index in [0.717, 1.165) is 16.7 Å². The lowest BCUT2D eigenvalue weighted by atomic mass is 9.94. The lowest BCUT2D eigenvalue weighted by Gasteiger charge is -2.31. The van der Waals surface area contributed by atoms with Crippen LogP contribution in [0.5, 0.6) is 0 Å². The van der Waals surface area contributed by atoms with E-state index >= 15 is 0 Å². The quantitative estimate of drug-likeness (QED) is 0.726. The Hall–Kier alpha value is -3.47. The summed E-state index contributed by atoms with van der Waals surface area (Å²) in [6, 6.07) is 20.1. The fraction of sp³-hybridized carbons (Fsp3) is 0.130. The summed E-state index contributed by atoms with van der Waals surface area (Å²) in [6.45, 7) is 1.86. The predicted octanol–water partition coefficient (Wildman–Crippen LogP) is 4.32. The fourth-order valence-electron chi connectivity index (χ4n) is 3.57. The predicted molar refractivity (Wildman–Crippen MR) is 106 cm³/mol. The van der Waals surface area contributed by atoms with Gasteiger partial charge < -0.3 is 10.2 Å². The van der Waals surface area contributed by atoms with Crippen LogP contribution in [0.2, 0.25) is 0 Å². The molecule has 0 saturated carbocycles. The third-order valence-electron chi connectivity index (χ3n) is 4.87. The number of fused-ring (bicyclic) bond motifs is 1. The van der Waals surface area contributed by atoms with Gasteiger partial charge in [0.05, 0.1) is 6.04 Å². The molecule has 1 heterocycles. The Bertz CT molecular complexity index is 1030. The minimum atomic E-state index is -0.512. The number of nitrogens with one attached hydrogen (secondary N) is 1. The monoisotopic (exact) mass is 374 g/mol. The third-order valence-corrected chi connectivity index (χ3v) is 4.87. The van der Waals surface area contributed by atoms with Crippen molar-refractivity contribution in [2.24, 2.45) is 0 Å². The molecule has 1 atom stereocenters. The maximum absolute atomic E-state index is 13.5.